The minimum atomic E-state index is 0.536. The van der Waals surface area contributed by atoms with E-state index in [0.29, 0.717) is 12.1 Å². The SMILES string of the molecule is CC(C)CCN1CC(CC(C)C)NCC1c1ccccc1. The molecule has 2 atom stereocenters. The second kappa shape index (κ2) is 7.95. The predicted octanol–water partition coefficient (Wildman–Crippen LogP) is 4.09. The molecule has 0 saturated carbocycles. The molecular formula is C19H32N2. The molecule has 1 N–H and O–H groups in total. The quantitative estimate of drug-likeness (QED) is 0.848. The Morgan fingerprint density at radius 2 is 1.81 bits per heavy atom. The maximum absolute atomic E-state index is 3.77. The largest absolute Gasteiger partial charge is 0.311 e. The van der Waals surface area contributed by atoms with Gasteiger partial charge in [0.1, 0.15) is 0 Å². The summed E-state index contributed by atoms with van der Waals surface area (Å²) in [6.07, 6.45) is 2.57. The van der Waals surface area contributed by atoms with Gasteiger partial charge in [0, 0.05) is 25.2 Å². The fourth-order valence-corrected chi connectivity index (χ4v) is 3.28. The Hall–Kier alpha value is -0.860. The van der Waals surface area contributed by atoms with Crippen molar-refractivity contribution in [1.29, 1.82) is 0 Å². The lowest BCUT2D eigenvalue weighted by atomic mass is 9.96. The highest BCUT2D eigenvalue weighted by Gasteiger charge is 2.28. The molecule has 0 radical (unpaired) electrons. The Labute approximate surface area is 130 Å². The molecule has 1 aromatic carbocycles. The molecule has 2 heteroatoms. The van der Waals surface area contributed by atoms with E-state index in [2.05, 4.69) is 68.2 Å². The molecule has 1 aliphatic rings. The van der Waals surface area contributed by atoms with Gasteiger partial charge in [-0.1, -0.05) is 58.0 Å². The topological polar surface area (TPSA) is 15.3 Å². The number of hydrogen-bond donors (Lipinski definition) is 1. The molecule has 0 bridgehead atoms. The summed E-state index contributed by atoms with van der Waals surface area (Å²) in [4.78, 5) is 2.71. The van der Waals surface area contributed by atoms with Gasteiger partial charge in [0.15, 0.2) is 0 Å². The molecule has 2 nitrogen and oxygen atoms in total. The van der Waals surface area contributed by atoms with Crippen LogP contribution in [-0.4, -0.2) is 30.6 Å². The van der Waals surface area contributed by atoms with Crippen molar-refractivity contribution in [2.75, 3.05) is 19.6 Å². The second-order valence-corrected chi connectivity index (χ2v) is 7.34. The molecule has 0 spiro atoms. The molecule has 21 heavy (non-hydrogen) atoms. The zero-order valence-corrected chi connectivity index (χ0v) is 14.2. The Morgan fingerprint density at radius 1 is 1.10 bits per heavy atom. The molecule has 2 rings (SSSR count). The highest BCUT2D eigenvalue weighted by atomic mass is 15.2. The van der Waals surface area contributed by atoms with E-state index in [0.717, 1.165) is 18.4 Å². The Kier molecular flexibility index (Phi) is 6.25. The zero-order valence-electron chi connectivity index (χ0n) is 14.2. The van der Waals surface area contributed by atoms with Crippen LogP contribution in [0.3, 0.4) is 0 Å². The summed E-state index contributed by atoms with van der Waals surface area (Å²) >= 11 is 0. The second-order valence-electron chi connectivity index (χ2n) is 7.34. The standard InChI is InChI=1S/C19H32N2/c1-15(2)10-11-21-14-18(12-16(3)4)20-13-19(21)17-8-6-5-7-9-17/h5-9,15-16,18-20H,10-14H2,1-4H3. The zero-order chi connectivity index (χ0) is 15.2. The third-order valence-electron chi connectivity index (χ3n) is 4.43. The van der Waals surface area contributed by atoms with E-state index in [1.807, 2.05) is 0 Å². The fourth-order valence-electron chi connectivity index (χ4n) is 3.28. The third kappa shape index (κ3) is 5.12. The molecule has 1 fully saturated rings. The molecule has 1 aliphatic heterocycles. The number of rotatable bonds is 6. The van der Waals surface area contributed by atoms with Crippen LogP contribution in [0.1, 0.15) is 52.1 Å². The predicted molar refractivity (Wildman–Crippen MR) is 91.5 cm³/mol. The van der Waals surface area contributed by atoms with Crippen LogP contribution in [0, 0.1) is 11.8 Å². The first-order valence-corrected chi connectivity index (χ1v) is 8.58. The fraction of sp³-hybridized carbons (Fsp3) is 0.684. The Bertz CT molecular complexity index is 399. The maximum atomic E-state index is 3.77. The van der Waals surface area contributed by atoms with Gasteiger partial charge in [0.05, 0.1) is 0 Å². The smallest absolute Gasteiger partial charge is 0.0473 e. The van der Waals surface area contributed by atoms with Crippen molar-refractivity contribution in [3.05, 3.63) is 35.9 Å². The molecular weight excluding hydrogens is 256 g/mol. The normalized spacial score (nSPS) is 23.9. The first kappa shape index (κ1) is 16.5. The minimum absolute atomic E-state index is 0.536. The summed E-state index contributed by atoms with van der Waals surface area (Å²) in [7, 11) is 0. The van der Waals surface area contributed by atoms with Gasteiger partial charge >= 0.3 is 0 Å². The van der Waals surface area contributed by atoms with Crippen molar-refractivity contribution in [2.24, 2.45) is 11.8 Å². The Morgan fingerprint density at radius 3 is 2.43 bits per heavy atom. The van der Waals surface area contributed by atoms with Crippen LogP contribution in [0.15, 0.2) is 30.3 Å². The molecule has 2 unspecified atom stereocenters. The van der Waals surface area contributed by atoms with E-state index >= 15 is 0 Å². The van der Waals surface area contributed by atoms with Crippen LogP contribution in [0.5, 0.6) is 0 Å². The van der Waals surface area contributed by atoms with Gasteiger partial charge in [-0.15, -0.1) is 0 Å². The summed E-state index contributed by atoms with van der Waals surface area (Å²) in [6.45, 7) is 12.8. The molecule has 0 aromatic heterocycles. The van der Waals surface area contributed by atoms with E-state index < -0.39 is 0 Å². The first-order valence-electron chi connectivity index (χ1n) is 8.58. The molecule has 118 valence electrons. The number of piperazine rings is 1. The average molecular weight is 288 g/mol. The van der Waals surface area contributed by atoms with Crippen LogP contribution in [0.2, 0.25) is 0 Å². The summed E-state index contributed by atoms with van der Waals surface area (Å²) < 4.78 is 0. The van der Waals surface area contributed by atoms with Crippen LogP contribution < -0.4 is 5.32 Å². The third-order valence-corrected chi connectivity index (χ3v) is 4.43. The van der Waals surface area contributed by atoms with Crippen molar-refractivity contribution >= 4 is 0 Å². The van der Waals surface area contributed by atoms with E-state index in [1.165, 1.54) is 31.5 Å². The molecule has 1 aromatic rings. The van der Waals surface area contributed by atoms with Crippen LogP contribution >= 0.6 is 0 Å². The summed E-state index contributed by atoms with van der Waals surface area (Å²) in [5.41, 5.74) is 1.46. The van der Waals surface area contributed by atoms with E-state index in [4.69, 9.17) is 0 Å². The van der Waals surface area contributed by atoms with E-state index in [9.17, 15) is 0 Å². The van der Waals surface area contributed by atoms with Gasteiger partial charge in [-0.25, -0.2) is 0 Å². The number of nitrogens with zero attached hydrogens (tertiary/aromatic N) is 1. The van der Waals surface area contributed by atoms with Crippen molar-refractivity contribution in [1.82, 2.24) is 10.2 Å². The minimum Gasteiger partial charge on any atom is -0.311 e. The number of benzene rings is 1. The van der Waals surface area contributed by atoms with Gasteiger partial charge in [-0.05, 0) is 36.8 Å². The van der Waals surface area contributed by atoms with Crippen LogP contribution in [0.4, 0.5) is 0 Å². The van der Waals surface area contributed by atoms with Crippen molar-refractivity contribution in [3.8, 4) is 0 Å². The molecule has 1 saturated heterocycles. The summed E-state index contributed by atoms with van der Waals surface area (Å²) in [5, 5.41) is 3.77. The van der Waals surface area contributed by atoms with E-state index in [1.54, 1.807) is 0 Å². The number of nitrogens with one attached hydrogen (secondary N) is 1. The monoisotopic (exact) mass is 288 g/mol. The van der Waals surface area contributed by atoms with Crippen molar-refractivity contribution < 1.29 is 0 Å². The lowest BCUT2D eigenvalue weighted by molar-refractivity contribution is 0.116. The van der Waals surface area contributed by atoms with E-state index in [-0.39, 0.29) is 0 Å². The van der Waals surface area contributed by atoms with Gasteiger partial charge < -0.3 is 5.32 Å². The lowest BCUT2D eigenvalue weighted by Crippen LogP contribution is -2.52. The highest BCUT2D eigenvalue weighted by molar-refractivity contribution is 5.20. The summed E-state index contributed by atoms with van der Waals surface area (Å²) in [5.74, 6) is 1.54. The van der Waals surface area contributed by atoms with Crippen molar-refractivity contribution in [3.63, 3.8) is 0 Å². The molecule has 1 heterocycles. The van der Waals surface area contributed by atoms with Gasteiger partial charge in [0.25, 0.3) is 0 Å². The van der Waals surface area contributed by atoms with Gasteiger partial charge in [0.2, 0.25) is 0 Å². The summed E-state index contributed by atoms with van der Waals surface area (Å²) in [6, 6.07) is 12.2. The average Bonchev–Trinajstić information content (AvgIpc) is 2.45. The highest BCUT2D eigenvalue weighted by Crippen LogP contribution is 2.25. The first-order chi connectivity index (χ1) is 10.1. The maximum Gasteiger partial charge on any atom is 0.0473 e. The molecule has 0 aliphatic carbocycles. The van der Waals surface area contributed by atoms with Crippen LogP contribution in [-0.2, 0) is 0 Å². The van der Waals surface area contributed by atoms with Crippen molar-refractivity contribution in [2.45, 2.75) is 52.6 Å². The van der Waals surface area contributed by atoms with Gasteiger partial charge in [-0.3, -0.25) is 4.90 Å². The number of hydrogen-bond acceptors (Lipinski definition) is 2. The van der Waals surface area contributed by atoms with Crippen LogP contribution in [0.25, 0.3) is 0 Å². The molecule has 0 amide bonds. The lowest BCUT2D eigenvalue weighted by Gasteiger charge is -2.41. The Balaban J connectivity index is 2.04. The van der Waals surface area contributed by atoms with Gasteiger partial charge in [-0.2, -0.15) is 0 Å².